The first-order chi connectivity index (χ1) is 17.6. The first-order valence-corrected chi connectivity index (χ1v) is 12.0. The molecule has 0 radical (unpaired) electrons. The number of nitrogens with zero attached hydrogens (tertiary/aromatic N) is 4. The van der Waals surface area contributed by atoms with E-state index in [4.69, 9.17) is 13.9 Å². The lowest BCUT2D eigenvalue weighted by molar-refractivity contribution is 0.387. The fraction of sp³-hybridized carbons (Fsp3) is 0.296. The van der Waals surface area contributed by atoms with E-state index >= 15 is 0 Å². The van der Waals surface area contributed by atoms with Crippen molar-refractivity contribution in [2.45, 2.75) is 33.2 Å². The van der Waals surface area contributed by atoms with Crippen LogP contribution in [0.25, 0.3) is 22.3 Å². The number of hydrogen-bond acceptors (Lipinski definition) is 7. The topological polar surface area (TPSA) is 103 Å². The summed E-state index contributed by atoms with van der Waals surface area (Å²) in [5, 5.41) is 7.76. The number of nitrogens with one attached hydrogen (secondary N) is 2. The summed E-state index contributed by atoms with van der Waals surface area (Å²) >= 11 is 0. The van der Waals surface area contributed by atoms with Gasteiger partial charge in [-0.2, -0.15) is 5.10 Å². The van der Waals surface area contributed by atoms with E-state index in [-0.39, 0.29) is 0 Å². The predicted molar refractivity (Wildman–Crippen MR) is 140 cm³/mol. The van der Waals surface area contributed by atoms with Crippen LogP contribution in [0.15, 0.2) is 59.6 Å². The molecule has 0 unspecified atom stereocenters. The van der Waals surface area contributed by atoms with E-state index in [1.54, 1.807) is 31.4 Å². The van der Waals surface area contributed by atoms with Gasteiger partial charge in [0, 0.05) is 44.4 Å². The highest BCUT2D eigenvalue weighted by molar-refractivity contribution is 5.85. The van der Waals surface area contributed by atoms with Gasteiger partial charge in [0.05, 0.1) is 37.9 Å². The number of fused-ring (bicyclic) bond motifs is 1. The van der Waals surface area contributed by atoms with Crippen LogP contribution >= 0.6 is 0 Å². The SMILES string of the molecule is CC.COc1cc(-c2cnn(C)c2)cc(OC)c1CNc1ccnc2nc(CCc3ccco3)[nH]c12. The van der Waals surface area contributed by atoms with E-state index in [1.165, 1.54) is 0 Å². The lowest BCUT2D eigenvalue weighted by atomic mass is 10.0. The summed E-state index contributed by atoms with van der Waals surface area (Å²) in [6, 6.07) is 9.79. The Kier molecular flexibility index (Phi) is 7.89. The number of methoxy groups -OCH3 is 2. The van der Waals surface area contributed by atoms with Crippen molar-refractivity contribution >= 4 is 16.9 Å². The van der Waals surface area contributed by atoms with E-state index in [0.717, 1.165) is 63.8 Å². The van der Waals surface area contributed by atoms with Crippen molar-refractivity contribution in [3.63, 3.8) is 0 Å². The van der Waals surface area contributed by atoms with Gasteiger partial charge in [-0.05, 0) is 35.9 Å². The number of pyridine rings is 1. The van der Waals surface area contributed by atoms with Gasteiger partial charge in [0.15, 0.2) is 5.65 Å². The van der Waals surface area contributed by atoms with Gasteiger partial charge in [-0.3, -0.25) is 4.68 Å². The van der Waals surface area contributed by atoms with Gasteiger partial charge in [0.25, 0.3) is 0 Å². The standard InChI is InChI=1S/C25H26N6O3.C2H6/c1-31-15-17(13-28-31)16-11-21(32-2)19(22(12-16)33-3)14-27-20-8-9-26-25-24(20)29-23(30-25)7-6-18-5-4-10-34-18;1-2/h4-5,8-13,15H,6-7,14H2,1-3H3,(H2,26,27,29,30);1-2H3. The molecule has 0 bridgehead atoms. The van der Waals surface area contributed by atoms with Gasteiger partial charge in [0.2, 0.25) is 0 Å². The van der Waals surface area contributed by atoms with E-state index in [9.17, 15) is 0 Å². The highest BCUT2D eigenvalue weighted by atomic mass is 16.5. The second-order valence-electron chi connectivity index (χ2n) is 7.94. The Morgan fingerprint density at radius 3 is 2.47 bits per heavy atom. The molecule has 188 valence electrons. The maximum atomic E-state index is 5.72. The molecule has 0 aliphatic rings. The number of aromatic nitrogens is 5. The minimum atomic E-state index is 0.500. The average molecular weight is 489 g/mol. The number of H-pyrrole nitrogens is 1. The average Bonchev–Trinajstić information content (AvgIpc) is 3.68. The summed E-state index contributed by atoms with van der Waals surface area (Å²) in [5.41, 5.74) is 5.33. The maximum absolute atomic E-state index is 5.72. The zero-order valence-electron chi connectivity index (χ0n) is 21.3. The molecule has 0 amide bonds. The van der Waals surface area contributed by atoms with Gasteiger partial charge in [-0.15, -0.1) is 0 Å². The lowest BCUT2D eigenvalue weighted by Gasteiger charge is -2.16. The van der Waals surface area contributed by atoms with Crippen LogP contribution in [0.3, 0.4) is 0 Å². The molecule has 9 nitrogen and oxygen atoms in total. The number of hydrogen-bond donors (Lipinski definition) is 2. The summed E-state index contributed by atoms with van der Waals surface area (Å²) in [4.78, 5) is 12.5. The number of benzene rings is 1. The van der Waals surface area contributed by atoms with Crippen LogP contribution in [0.2, 0.25) is 0 Å². The molecule has 2 N–H and O–H groups in total. The first kappa shape index (κ1) is 24.8. The molecule has 0 saturated carbocycles. The first-order valence-electron chi connectivity index (χ1n) is 12.0. The minimum absolute atomic E-state index is 0.500. The molecule has 1 aromatic carbocycles. The number of aromatic amines is 1. The monoisotopic (exact) mass is 488 g/mol. The zero-order valence-corrected chi connectivity index (χ0v) is 21.3. The maximum Gasteiger partial charge on any atom is 0.179 e. The molecular weight excluding hydrogens is 456 g/mol. The van der Waals surface area contributed by atoms with Crippen LogP contribution in [-0.2, 0) is 26.4 Å². The molecule has 9 heteroatoms. The normalized spacial score (nSPS) is 10.7. The highest BCUT2D eigenvalue weighted by Crippen LogP contribution is 2.36. The molecule has 0 atom stereocenters. The third-order valence-electron chi connectivity index (χ3n) is 5.73. The number of anilines is 1. The van der Waals surface area contributed by atoms with Crippen molar-refractivity contribution < 1.29 is 13.9 Å². The number of rotatable bonds is 9. The van der Waals surface area contributed by atoms with Crippen molar-refractivity contribution in [2.24, 2.45) is 7.05 Å². The van der Waals surface area contributed by atoms with Gasteiger partial charge in [-0.25, -0.2) is 9.97 Å². The Bertz CT molecular complexity index is 1380. The van der Waals surface area contributed by atoms with Crippen LogP contribution in [0.5, 0.6) is 11.5 Å². The van der Waals surface area contributed by atoms with Crippen LogP contribution in [0.1, 0.15) is 31.0 Å². The number of furan rings is 1. The van der Waals surface area contributed by atoms with Crippen molar-refractivity contribution in [2.75, 3.05) is 19.5 Å². The van der Waals surface area contributed by atoms with E-state index in [1.807, 2.05) is 63.6 Å². The molecule has 0 aliphatic carbocycles. The Labute approximate surface area is 210 Å². The summed E-state index contributed by atoms with van der Waals surface area (Å²) in [5.74, 6) is 3.27. The Morgan fingerprint density at radius 2 is 1.83 bits per heavy atom. The van der Waals surface area contributed by atoms with Crippen LogP contribution in [-0.4, -0.2) is 39.0 Å². The molecule has 5 aromatic rings. The Hall–Kier alpha value is -4.27. The molecule has 0 aliphatic heterocycles. The molecule has 0 fully saturated rings. The largest absolute Gasteiger partial charge is 0.496 e. The van der Waals surface area contributed by atoms with E-state index in [2.05, 4.69) is 25.4 Å². The minimum Gasteiger partial charge on any atom is -0.496 e. The zero-order chi connectivity index (χ0) is 25.5. The van der Waals surface area contributed by atoms with E-state index < -0.39 is 0 Å². The summed E-state index contributed by atoms with van der Waals surface area (Å²) < 4.78 is 18.6. The van der Waals surface area contributed by atoms with Crippen molar-refractivity contribution in [3.05, 3.63) is 72.3 Å². The molecule has 5 rings (SSSR count). The summed E-state index contributed by atoms with van der Waals surface area (Å²) in [6.07, 6.45) is 8.72. The Morgan fingerprint density at radius 1 is 1.06 bits per heavy atom. The summed E-state index contributed by atoms with van der Waals surface area (Å²) in [6.45, 7) is 4.50. The quantitative estimate of drug-likeness (QED) is 0.287. The van der Waals surface area contributed by atoms with Gasteiger partial charge >= 0.3 is 0 Å². The second kappa shape index (κ2) is 11.4. The van der Waals surface area contributed by atoms with Gasteiger partial charge < -0.3 is 24.2 Å². The third-order valence-corrected chi connectivity index (χ3v) is 5.73. The van der Waals surface area contributed by atoms with E-state index in [0.29, 0.717) is 12.2 Å². The van der Waals surface area contributed by atoms with Crippen molar-refractivity contribution in [1.29, 1.82) is 0 Å². The van der Waals surface area contributed by atoms with Gasteiger partial charge in [0.1, 0.15) is 28.6 Å². The molecule has 0 saturated heterocycles. The number of aryl methyl sites for hydroxylation is 3. The number of ether oxygens (including phenoxy) is 2. The fourth-order valence-corrected chi connectivity index (χ4v) is 4.00. The van der Waals surface area contributed by atoms with Crippen LogP contribution in [0.4, 0.5) is 5.69 Å². The lowest BCUT2D eigenvalue weighted by Crippen LogP contribution is -2.05. The number of imidazole rings is 1. The third kappa shape index (κ3) is 5.35. The van der Waals surface area contributed by atoms with Crippen LogP contribution < -0.4 is 14.8 Å². The van der Waals surface area contributed by atoms with Crippen molar-refractivity contribution in [3.8, 4) is 22.6 Å². The van der Waals surface area contributed by atoms with Crippen LogP contribution in [0, 0.1) is 0 Å². The van der Waals surface area contributed by atoms with Crippen molar-refractivity contribution in [1.82, 2.24) is 24.7 Å². The predicted octanol–water partition coefficient (Wildman–Crippen LogP) is 5.39. The fourth-order valence-electron chi connectivity index (χ4n) is 4.00. The molecule has 4 aromatic heterocycles. The smallest absolute Gasteiger partial charge is 0.179 e. The van der Waals surface area contributed by atoms with Gasteiger partial charge in [-0.1, -0.05) is 13.8 Å². The molecule has 36 heavy (non-hydrogen) atoms. The molecule has 4 heterocycles. The second-order valence-corrected chi connectivity index (χ2v) is 7.94. The summed E-state index contributed by atoms with van der Waals surface area (Å²) in [7, 11) is 5.22. The molecular formula is C27H32N6O3. The Balaban J connectivity index is 0.00000148. The molecule has 0 spiro atoms. The highest BCUT2D eigenvalue weighted by Gasteiger charge is 2.16.